The number of carbonyl (C=O) groups is 2. The Balaban J connectivity index is 1.87. The lowest BCUT2D eigenvalue weighted by Crippen LogP contribution is -2.45. The molecule has 31 heavy (non-hydrogen) atoms. The summed E-state index contributed by atoms with van der Waals surface area (Å²) in [7, 11) is 0. The van der Waals surface area contributed by atoms with Gasteiger partial charge < -0.3 is 10.6 Å². The van der Waals surface area contributed by atoms with Gasteiger partial charge in [0.05, 0.1) is 22.8 Å². The third-order valence-corrected chi connectivity index (χ3v) is 6.03. The molecule has 1 atom stereocenters. The van der Waals surface area contributed by atoms with Crippen LogP contribution in [0.2, 0.25) is 0 Å². The molecule has 7 nitrogen and oxygen atoms in total. The van der Waals surface area contributed by atoms with E-state index in [9.17, 15) is 9.59 Å². The van der Waals surface area contributed by atoms with E-state index >= 15 is 0 Å². The van der Waals surface area contributed by atoms with E-state index < -0.39 is 0 Å². The number of aryl methyl sites for hydroxylation is 1. The molecular weight excluding hydrogens is 390 g/mol. The van der Waals surface area contributed by atoms with Gasteiger partial charge >= 0.3 is 0 Å². The molecule has 0 aliphatic carbocycles. The van der Waals surface area contributed by atoms with Gasteiger partial charge in [0.2, 0.25) is 5.91 Å². The average molecular weight is 420 g/mol. The second-order valence-electron chi connectivity index (χ2n) is 8.61. The topological polar surface area (TPSA) is 94.1 Å². The minimum Gasteiger partial charge on any atom is -0.370 e. The van der Waals surface area contributed by atoms with Crippen LogP contribution < -0.4 is 5.73 Å². The number of carbonyl (C=O) groups excluding carboxylic acids is 2. The van der Waals surface area contributed by atoms with Crippen LogP contribution in [0.3, 0.4) is 0 Å². The van der Waals surface area contributed by atoms with Gasteiger partial charge in [-0.05, 0) is 51.7 Å². The number of nitrogens with two attached hydrogens (primary N) is 1. The van der Waals surface area contributed by atoms with Crippen molar-refractivity contribution in [3.63, 3.8) is 0 Å². The molecule has 2 amide bonds. The Morgan fingerprint density at radius 3 is 2.71 bits per heavy atom. The van der Waals surface area contributed by atoms with E-state index in [1.165, 1.54) is 0 Å². The molecule has 1 aliphatic heterocycles. The van der Waals surface area contributed by atoms with Crippen LogP contribution >= 0.6 is 0 Å². The Bertz CT molecular complexity index is 1130. The quantitative estimate of drug-likeness (QED) is 0.679. The molecule has 0 radical (unpaired) electrons. The normalized spacial score (nSPS) is 16.8. The number of hydrogen-bond donors (Lipinski definition) is 1. The highest BCUT2D eigenvalue weighted by Gasteiger charge is 2.30. The van der Waals surface area contributed by atoms with Gasteiger partial charge in [0, 0.05) is 30.6 Å². The van der Waals surface area contributed by atoms with Crippen LogP contribution in [0.15, 0.2) is 36.5 Å². The van der Waals surface area contributed by atoms with E-state index in [2.05, 4.69) is 5.10 Å². The Morgan fingerprint density at radius 2 is 2.00 bits per heavy atom. The van der Waals surface area contributed by atoms with E-state index in [1.54, 1.807) is 6.20 Å². The number of primary amides is 1. The van der Waals surface area contributed by atoms with Crippen molar-refractivity contribution in [3.05, 3.63) is 47.7 Å². The Hall–Kier alpha value is -3.22. The maximum absolute atomic E-state index is 13.8. The molecule has 0 unspecified atom stereocenters. The van der Waals surface area contributed by atoms with E-state index in [4.69, 9.17) is 10.7 Å². The van der Waals surface area contributed by atoms with Crippen molar-refractivity contribution < 1.29 is 9.59 Å². The number of hydrogen-bond acceptors (Lipinski definition) is 4. The van der Waals surface area contributed by atoms with Gasteiger partial charge in [-0.2, -0.15) is 5.10 Å². The van der Waals surface area contributed by atoms with Crippen molar-refractivity contribution in [2.45, 2.75) is 58.5 Å². The Labute approximate surface area is 182 Å². The molecule has 0 saturated carbocycles. The number of aromatic nitrogens is 3. The highest BCUT2D eigenvalue weighted by molar-refractivity contribution is 6.06. The summed E-state index contributed by atoms with van der Waals surface area (Å²) in [5, 5.41) is 5.25. The summed E-state index contributed by atoms with van der Waals surface area (Å²) in [5.74, 6) is -0.464. The molecular formula is C24H29N5O2. The fourth-order valence-corrected chi connectivity index (χ4v) is 4.44. The van der Waals surface area contributed by atoms with E-state index in [1.807, 2.05) is 60.7 Å². The lowest BCUT2D eigenvalue weighted by atomic mass is 9.96. The molecule has 1 aromatic carbocycles. The Morgan fingerprint density at radius 1 is 1.23 bits per heavy atom. The number of pyridine rings is 1. The van der Waals surface area contributed by atoms with Crippen LogP contribution in [0.5, 0.6) is 0 Å². The monoisotopic (exact) mass is 419 g/mol. The van der Waals surface area contributed by atoms with Gasteiger partial charge in [-0.15, -0.1) is 0 Å². The first-order chi connectivity index (χ1) is 14.9. The predicted molar refractivity (Wildman–Crippen MR) is 121 cm³/mol. The van der Waals surface area contributed by atoms with Crippen LogP contribution in [0, 0.1) is 6.92 Å². The van der Waals surface area contributed by atoms with Gasteiger partial charge in [0.15, 0.2) is 5.65 Å². The van der Waals surface area contributed by atoms with Crippen LogP contribution in [0.4, 0.5) is 0 Å². The average Bonchev–Trinajstić information content (AvgIpc) is 3.17. The summed E-state index contributed by atoms with van der Waals surface area (Å²) in [6, 6.07) is 9.84. The summed E-state index contributed by atoms with van der Waals surface area (Å²) in [6.45, 7) is 6.75. The summed E-state index contributed by atoms with van der Waals surface area (Å²) >= 11 is 0. The summed E-state index contributed by atoms with van der Waals surface area (Å²) in [5.41, 5.74) is 9.57. The van der Waals surface area contributed by atoms with E-state index in [-0.39, 0.29) is 30.3 Å². The third-order valence-electron chi connectivity index (χ3n) is 6.03. The van der Waals surface area contributed by atoms with Crippen LogP contribution in [0.25, 0.3) is 22.3 Å². The zero-order valence-electron chi connectivity index (χ0n) is 18.3. The molecule has 1 fully saturated rings. The molecule has 1 aliphatic rings. The summed E-state index contributed by atoms with van der Waals surface area (Å²) in [4.78, 5) is 32.1. The number of amides is 2. The van der Waals surface area contributed by atoms with E-state index in [0.717, 1.165) is 41.5 Å². The van der Waals surface area contributed by atoms with Crippen molar-refractivity contribution >= 4 is 22.8 Å². The van der Waals surface area contributed by atoms with Crippen LogP contribution in [-0.4, -0.2) is 44.1 Å². The predicted octanol–water partition coefficient (Wildman–Crippen LogP) is 3.86. The minimum absolute atomic E-state index is 0.0866. The van der Waals surface area contributed by atoms with Gasteiger partial charge in [-0.25, -0.2) is 9.67 Å². The standard InChI is InChI=1S/C24H29N5O2/c1-15(2)29-23-20(14-26-29)19(13-21(27-23)18-10-5-4-8-16(18)3)24(31)28-11-7-6-9-17(28)12-22(25)30/h4-5,8,10,13-15,17H,6-7,9,11-12H2,1-3H3,(H2,25,30)/t17-/m1/s1. The van der Waals surface area contributed by atoms with Crippen molar-refractivity contribution in [2.24, 2.45) is 5.73 Å². The highest BCUT2D eigenvalue weighted by atomic mass is 16.2. The summed E-state index contributed by atoms with van der Waals surface area (Å²) < 4.78 is 1.85. The molecule has 7 heteroatoms. The zero-order chi connectivity index (χ0) is 22.1. The molecule has 2 aromatic heterocycles. The second-order valence-corrected chi connectivity index (χ2v) is 8.61. The fraction of sp³-hybridized carbons (Fsp3) is 0.417. The molecule has 3 aromatic rings. The second kappa shape index (κ2) is 8.49. The number of likely N-dealkylation sites (tertiary alicyclic amines) is 1. The molecule has 162 valence electrons. The molecule has 4 rings (SSSR count). The molecule has 1 saturated heterocycles. The number of rotatable bonds is 5. The lowest BCUT2D eigenvalue weighted by Gasteiger charge is -2.35. The maximum Gasteiger partial charge on any atom is 0.255 e. The van der Waals surface area contributed by atoms with Crippen molar-refractivity contribution in [1.82, 2.24) is 19.7 Å². The highest BCUT2D eigenvalue weighted by Crippen LogP contribution is 2.30. The zero-order valence-corrected chi connectivity index (χ0v) is 18.3. The van der Waals surface area contributed by atoms with Crippen molar-refractivity contribution in [1.29, 1.82) is 0 Å². The first-order valence-electron chi connectivity index (χ1n) is 10.9. The van der Waals surface area contributed by atoms with Gasteiger partial charge in [-0.1, -0.05) is 24.3 Å². The van der Waals surface area contributed by atoms with Gasteiger partial charge in [0.25, 0.3) is 5.91 Å². The molecule has 2 N–H and O–H groups in total. The lowest BCUT2D eigenvalue weighted by molar-refractivity contribution is -0.119. The molecule has 3 heterocycles. The number of fused-ring (bicyclic) bond motifs is 1. The molecule has 0 bridgehead atoms. The van der Waals surface area contributed by atoms with Crippen molar-refractivity contribution in [3.8, 4) is 11.3 Å². The maximum atomic E-state index is 13.8. The largest absolute Gasteiger partial charge is 0.370 e. The summed E-state index contributed by atoms with van der Waals surface area (Å²) in [6.07, 6.45) is 4.62. The number of benzene rings is 1. The first kappa shape index (κ1) is 21.0. The van der Waals surface area contributed by atoms with Crippen LogP contribution in [-0.2, 0) is 4.79 Å². The fourth-order valence-electron chi connectivity index (χ4n) is 4.44. The van der Waals surface area contributed by atoms with Gasteiger partial charge in [0.1, 0.15) is 0 Å². The third kappa shape index (κ3) is 4.04. The number of nitrogens with zero attached hydrogens (tertiary/aromatic N) is 4. The Kier molecular flexibility index (Phi) is 5.76. The van der Waals surface area contributed by atoms with Crippen molar-refractivity contribution in [2.75, 3.05) is 6.54 Å². The van der Waals surface area contributed by atoms with Gasteiger partial charge in [-0.3, -0.25) is 9.59 Å². The minimum atomic E-state index is -0.377. The number of piperidine rings is 1. The molecule has 0 spiro atoms. The van der Waals surface area contributed by atoms with E-state index in [0.29, 0.717) is 17.8 Å². The SMILES string of the molecule is Cc1ccccc1-c1cc(C(=O)N2CCCC[C@@H]2CC(N)=O)c2cnn(C(C)C)c2n1. The first-order valence-corrected chi connectivity index (χ1v) is 10.9. The van der Waals surface area contributed by atoms with Crippen LogP contribution in [0.1, 0.15) is 61.5 Å². The smallest absolute Gasteiger partial charge is 0.255 e.